The number of hydrogen-bond donors (Lipinski definition) is 3. The number of esters is 1. The molecular weight excluding hydrogens is 604 g/mol. The molecule has 0 saturated carbocycles. The summed E-state index contributed by atoms with van der Waals surface area (Å²) in [6.07, 6.45) is -5.01. The number of halogens is 6. The zero-order chi connectivity index (χ0) is 34.3. The second kappa shape index (κ2) is 12.2. The Balaban J connectivity index is 0.000000257. The average molecular weight is 644 g/mol. The van der Waals surface area contributed by atoms with Crippen LogP contribution in [0.15, 0.2) is 36.4 Å². The van der Waals surface area contributed by atoms with Crippen molar-refractivity contribution in [3.8, 4) is 0 Å². The molecule has 2 aromatic carbocycles. The third kappa shape index (κ3) is 7.73. The largest absolute Gasteiger partial charge is 0.460 e. The lowest BCUT2D eigenvalue weighted by Crippen LogP contribution is -2.62. The maximum atomic E-state index is 14.7. The highest BCUT2D eigenvalue weighted by Crippen LogP contribution is 2.41. The minimum atomic E-state index is -2.36. The molecule has 0 aromatic heterocycles. The van der Waals surface area contributed by atoms with Gasteiger partial charge in [-0.15, -0.1) is 0 Å². The van der Waals surface area contributed by atoms with Crippen LogP contribution in [0.5, 0.6) is 0 Å². The predicted octanol–water partition coefficient (Wildman–Crippen LogP) is 5.72. The molecule has 0 aliphatic carbocycles. The van der Waals surface area contributed by atoms with Gasteiger partial charge in [0.2, 0.25) is 0 Å². The Morgan fingerprint density at radius 3 is 1.71 bits per heavy atom. The number of amides is 2. The Morgan fingerprint density at radius 1 is 0.844 bits per heavy atom. The van der Waals surface area contributed by atoms with E-state index in [1.54, 1.807) is 20.8 Å². The summed E-state index contributed by atoms with van der Waals surface area (Å²) in [5, 5.41) is 4.50. The van der Waals surface area contributed by atoms with Crippen molar-refractivity contribution in [3.05, 3.63) is 64.7 Å². The van der Waals surface area contributed by atoms with Crippen molar-refractivity contribution in [2.45, 2.75) is 108 Å². The molecule has 4 N–H and O–H groups in total. The molecule has 13 heteroatoms. The van der Waals surface area contributed by atoms with Crippen molar-refractivity contribution in [3.63, 3.8) is 0 Å². The van der Waals surface area contributed by atoms with Gasteiger partial charge in [-0.05, 0) is 84.4 Å². The zero-order valence-corrected chi connectivity index (χ0v) is 26.2. The fourth-order valence-electron chi connectivity index (χ4n) is 5.19. The molecule has 2 heterocycles. The van der Waals surface area contributed by atoms with Gasteiger partial charge >= 0.3 is 5.97 Å². The van der Waals surface area contributed by atoms with Crippen molar-refractivity contribution in [2.75, 3.05) is 5.73 Å². The van der Waals surface area contributed by atoms with Gasteiger partial charge in [0, 0.05) is 29.7 Å². The van der Waals surface area contributed by atoms with Crippen LogP contribution in [-0.2, 0) is 36.6 Å². The van der Waals surface area contributed by atoms with Crippen LogP contribution in [-0.4, -0.2) is 47.1 Å². The van der Waals surface area contributed by atoms with E-state index in [0.717, 1.165) is 26.0 Å². The van der Waals surface area contributed by atoms with E-state index in [1.807, 2.05) is 0 Å². The number of piperidine rings is 2. The highest BCUT2D eigenvalue weighted by molar-refractivity contribution is 5.87. The SMILES string of the molecule is CC(C)(C)OC(=O)Cc1ccc(F)c([C@@]2(C)NC(=O)[C@](C)(F)C[C@@H]2F)c1.C[C@@]1(F)C[C@H](F)[C@@](C)(c2cc(N)ccc2F)NC1=O. The normalized spacial score (nSPS) is 31.7. The van der Waals surface area contributed by atoms with Gasteiger partial charge in [0.25, 0.3) is 11.8 Å². The summed E-state index contributed by atoms with van der Waals surface area (Å²) in [7, 11) is 0. The number of carbonyl (C=O) groups excluding carboxylic acids is 3. The summed E-state index contributed by atoms with van der Waals surface area (Å²) < 4.78 is 90.2. The van der Waals surface area contributed by atoms with Crippen LogP contribution in [0.2, 0.25) is 0 Å². The van der Waals surface area contributed by atoms with Crippen LogP contribution in [0.3, 0.4) is 0 Å². The standard InChI is InChI=1S/C19H24F3NO3.C13H15F3N2O/c1-17(2,3)26-15(24)9-11-6-7-13(20)12(8-11)19(5)14(21)10-18(4,22)16(25)23-19;1-12(16)6-10(15)13(2,18-11(12)19)8-5-7(17)3-4-9(8)14/h6-8,14H,9-10H2,1-5H3,(H,23,25);3-5,10H,6,17H2,1-2H3,(H,18,19)/t14-,18+,19+;10-,12+,13+/m00/s1. The van der Waals surface area contributed by atoms with E-state index in [9.17, 15) is 40.7 Å². The predicted molar refractivity (Wildman–Crippen MR) is 156 cm³/mol. The van der Waals surface area contributed by atoms with Crippen LogP contribution in [0.25, 0.3) is 0 Å². The third-order valence-corrected chi connectivity index (χ3v) is 7.98. The molecule has 0 spiro atoms. The quantitative estimate of drug-likeness (QED) is 0.224. The molecule has 248 valence electrons. The van der Waals surface area contributed by atoms with Crippen LogP contribution in [0.4, 0.5) is 32.0 Å². The number of nitrogens with two attached hydrogens (primary N) is 1. The van der Waals surface area contributed by atoms with Gasteiger partial charge in [-0.2, -0.15) is 0 Å². The number of benzene rings is 2. The summed E-state index contributed by atoms with van der Waals surface area (Å²) in [6, 6.07) is 7.49. The number of ether oxygens (including phenoxy) is 1. The minimum absolute atomic E-state index is 0.0798. The van der Waals surface area contributed by atoms with Crippen molar-refractivity contribution < 1.29 is 45.5 Å². The summed E-state index contributed by atoms with van der Waals surface area (Å²) in [6.45, 7) is 9.79. The van der Waals surface area contributed by atoms with Crippen LogP contribution >= 0.6 is 0 Å². The highest BCUT2D eigenvalue weighted by Gasteiger charge is 2.53. The Hall–Kier alpha value is -3.77. The molecule has 2 fully saturated rings. The molecular formula is C32H39F6N3O4. The lowest BCUT2D eigenvalue weighted by atomic mass is 9.77. The number of nitrogens with one attached hydrogen (secondary N) is 2. The van der Waals surface area contributed by atoms with Crippen molar-refractivity contribution in [2.24, 2.45) is 0 Å². The molecule has 2 aliphatic rings. The van der Waals surface area contributed by atoms with Crippen molar-refractivity contribution in [1.82, 2.24) is 10.6 Å². The molecule has 0 radical (unpaired) electrons. The van der Waals surface area contributed by atoms with Gasteiger partial charge in [0.05, 0.1) is 17.5 Å². The zero-order valence-electron chi connectivity index (χ0n) is 26.2. The number of rotatable bonds is 4. The number of hydrogen-bond acceptors (Lipinski definition) is 5. The second-order valence-corrected chi connectivity index (χ2v) is 13.4. The van der Waals surface area contributed by atoms with E-state index in [2.05, 4.69) is 10.6 Å². The number of carbonyl (C=O) groups is 3. The first kappa shape index (κ1) is 35.7. The Morgan fingerprint density at radius 2 is 1.27 bits per heavy atom. The van der Waals surface area contributed by atoms with Gasteiger partial charge < -0.3 is 21.1 Å². The first-order valence-corrected chi connectivity index (χ1v) is 14.3. The van der Waals surface area contributed by atoms with Gasteiger partial charge in [-0.3, -0.25) is 14.4 Å². The molecule has 7 nitrogen and oxygen atoms in total. The van der Waals surface area contributed by atoms with E-state index < -0.39 is 82.6 Å². The maximum Gasteiger partial charge on any atom is 0.310 e. The summed E-state index contributed by atoms with van der Waals surface area (Å²) in [5.41, 5.74) is -2.68. The molecule has 2 amide bonds. The van der Waals surface area contributed by atoms with Crippen molar-refractivity contribution in [1.29, 1.82) is 0 Å². The van der Waals surface area contributed by atoms with Crippen LogP contribution in [0.1, 0.15) is 78.0 Å². The summed E-state index contributed by atoms with van der Waals surface area (Å²) in [5.74, 6) is -3.90. The fourth-order valence-corrected chi connectivity index (χ4v) is 5.19. The topological polar surface area (TPSA) is 111 Å². The summed E-state index contributed by atoms with van der Waals surface area (Å²) in [4.78, 5) is 35.5. The van der Waals surface area contributed by atoms with Gasteiger partial charge in [0.1, 0.15) is 29.6 Å². The number of alkyl halides is 4. The second-order valence-electron chi connectivity index (χ2n) is 13.4. The summed E-state index contributed by atoms with van der Waals surface area (Å²) >= 11 is 0. The van der Waals surface area contributed by atoms with Gasteiger partial charge in [0.15, 0.2) is 11.3 Å². The highest BCUT2D eigenvalue weighted by atomic mass is 19.2. The fraction of sp³-hybridized carbons (Fsp3) is 0.531. The molecule has 2 aromatic rings. The van der Waals surface area contributed by atoms with E-state index >= 15 is 0 Å². The minimum Gasteiger partial charge on any atom is -0.460 e. The van der Waals surface area contributed by atoms with Crippen LogP contribution in [0, 0.1) is 11.6 Å². The third-order valence-electron chi connectivity index (χ3n) is 7.98. The van der Waals surface area contributed by atoms with E-state index in [-0.39, 0.29) is 23.2 Å². The number of anilines is 1. The average Bonchev–Trinajstić information content (AvgIpc) is 2.88. The van der Waals surface area contributed by atoms with E-state index in [0.29, 0.717) is 5.56 Å². The molecule has 45 heavy (non-hydrogen) atoms. The lowest BCUT2D eigenvalue weighted by Gasteiger charge is -2.42. The molecule has 6 atom stereocenters. The molecule has 0 unspecified atom stereocenters. The maximum absolute atomic E-state index is 14.7. The van der Waals surface area contributed by atoms with E-state index in [4.69, 9.17) is 10.5 Å². The monoisotopic (exact) mass is 643 g/mol. The Labute approximate surface area is 258 Å². The van der Waals surface area contributed by atoms with Gasteiger partial charge in [-0.1, -0.05) is 6.07 Å². The molecule has 2 aliphatic heterocycles. The molecule has 4 rings (SSSR count). The number of nitrogen functional groups attached to an aromatic ring is 1. The van der Waals surface area contributed by atoms with Gasteiger partial charge in [-0.25, -0.2) is 26.3 Å². The molecule has 2 saturated heterocycles. The van der Waals surface area contributed by atoms with Crippen molar-refractivity contribution >= 4 is 23.5 Å². The smallest absolute Gasteiger partial charge is 0.310 e. The Bertz CT molecular complexity index is 1480. The first-order valence-electron chi connectivity index (χ1n) is 14.3. The lowest BCUT2D eigenvalue weighted by molar-refractivity contribution is -0.154. The molecule has 0 bridgehead atoms. The van der Waals surface area contributed by atoms with Crippen LogP contribution < -0.4 is 16.4 Å². The van der Waals surface area contributed by atoms with E-state index in [1.165, 1.54) is 38.1 Å². The first-order chi connectivity index (χ1) is 20.4. The Kier molecular flexibility index (Phi) is 9.68.